The Morgan fingerprint density at radius 1 is 1.33 bits per heavy atom. The Balaban J connectivity index is 2.22. The maximum Gasteiger partial charge on any atom is 0.335 e. The summed E-state index contributed by atoms with van der Waals surface area (Å²) in [5, 5.41) is 23.2. The molecule has 1 aromatic carbocycles. The van der Waals surface area contributed by atoms with Gasteiger partial charge in [-0.15, -0.1) is 0 Å². The number of carboxylic acid groups (broad SMARTS) is 1. The van der Waals surface area contributed by atoms with Crippen molar-refractivity contribution in [3.63, 3.8) is 0 Å². The first-order valence-corrected chi connectivity index (χ1v) is 9.93. The third-order valence-electron chi connectivity index (χ3n) is 4.57. The summed E-state index contributed by atoms with van der Waals surface area (Å²) in [6, 6.07) is 4.56. The fourth-order valence-corrected chi connectivity index (χ4v) is 3.23. The Morgan fingerprint density at radius 3 is 2.57 bits per heavy atom. The van der Waals surface area contributed by atoms with Crippen LogP contribution < -0.4 is 15.4 Å². The number of carbonyl (C=O) groups is 2. The van der Waals surface area contributed by atoms with E-state index in [1.807, 2.05) is 6.92 Å². The van der Waals surface area contributed by atoms with E-state index in [9.17, 15) is 9.59 Å². The number of ether oxygens (including phenoxy) is 1. The van der Waals surface area contributed by atoms with Crippen LogP contribution in [0.15, 0.2) is 53.5 Å². The molecule has 2 unspecified atom stereocenters. The molecule has 2 rings (SSSR count). The molecule has 0 bridgehead atoms. The van der Waals surface area contributed by atoms with E-state index in [1.165, 1.54) is 13.0 Å². The summed E-state index contributed by atoms with van der Waals surface area (Å²) >= 11 is 12.2. The van der Waals surface area contributed by atoms with E-state index in [0.29, 0.717) is 11.4 Å². The normalized spacial score (nSPS) is 17.4. The van der Waals surface area contributed by atoms with Crippen LogP contribution in [0.4, 0.5) is 0 Å². The maximum atomic E-state index is 12.9. The third-order valence-corrected chi connectivity index (χ3v) is 5.37. The van der Waals surface area contributed by atoms with Crippen molar-refractivity contribution in [2.24, 2.45) is 5.92 Å². The minimum Gasteiger partial charge on any atom is -0.478 e. The number of halogens is 2. The summed E-state index contributed by atoms with van der Waals surface area (Å²) < 4.78 is 5.75. The number of hydrogen-bond acceptors (Lipinski definition) is 5. The lowest BCUT2D eigenvalue weighted by molar-refractivity contribution is -0.132. The zero-order valence-electron chi connectivity index (χ0n) is 16.8. The molecule has 0 radical (unpaired) electrons. The van der Waals surface area contributed by atoms with Crippen LogP contribution in [0.1, 0.15) is 20.3 Å². The molecule has 4 N–H and O–H groups in total. The highest BCUT2D eigenvalue weighted by Gasteiger charge is 2.25. The Hall–Kier alpha value is -2.77. The van der Waals surface area contributed by atoms with Crippen molar-refractivity contribution in [2.45, 2.75) is 26.3 Å². The molecule has 0 heterocycles. The minimum absolute atomic E-state index is 0.00514. The van der Waals surface area contributed by atoms with E-state index >= 15 is 0 Å². The Kier molecular flexibility index (Phi) is 8.08. The summed E-state index contributed by atoms with van der Waals surface area (Å²) in [7, 11) is 1.57. The second-order valence-electron chi connectivity index (χ2n) is 6.72. The molecule has 0 spiro atoms. The molecule has 0 saturated carbocycles. The average molecular weight is 452 g/mol. The van der Waals surface area contributed by atoms with Gasteiger partial charge in [0.2, 0.25) is 5.88 Å². The molecule has 7 nitrogen and oxygen atoms in total. The molecule has 160 valence electrons. The van der Waals surface area contributed by atoms with Gasteiger partial charge in [0, 0.05) is 24.7 Å². The lowest BCUT2D eigenvalue weighted by atomic mass is 9.91. The molecule has 0 aromatic heterocycles. The minimum atomic E-state index is -0.985. The highest BCUT2D eigenvalue weighted by Crippen LogP contribution is 2.32. The van der Waals surface area contributed by atoms with E-state index in [1.54, 1.807) is 37.4 Å². The van der Waals surface area contributed by atoms with Crippen LogP contribution in [-0.4, -0.2) is 35.8 Å². The van der Waals surface area contributed by atoms with Crippen molar-refractivity contribution in [1.29, 1.82) is 5.41 Å². The number of allylic oxidation sites excluding steroid dienone is 1. The molecule has 1 aromatic rings. The summed E-state index contributed by atoms with van der Waals surface area (Å²) in [5.74, 6) is -1.26. The first-order valence-electron chi connectivity index (χ1n) is 9.17. The molecular formula is C21H23Cl2N3O4. The van der Waals surface area contributed by atoms with Crippen LogP contribution >= 0.6 is 23.2 Å². The molecule has 1 aliphatic rings. The van der Waals surface area contributed by atoms with Crippen molar-refractivity contribution in [1.82, 2.24) is 10.6 Å². The van der Waals surface area contributed by atoms with Crippen LogP contribution in [0.5, 0.6) is 5.75 Å². The largest absolute Gasteiger partial charge is 0.478 e. The van der Waals surface area contributed by atoms with Gasteiger partial charge < -0.3 is 25.9 Å². The molecule has 1 aliphatic carbocycles. The van der Waals surface area contributed by atoms with Crippen molar-refractivity contribution in [2.75, 3.05) is 7.05 Å². The molecule has 0 fully saturated rings. The SMILES string of the molecule is CN/C(Oc1cccc(Cl)c1Cl)=C(\C(C)=N)C(=O)NC(C)C1C=CC(C(=O)O)=CC1. The van der Waals surface area contributed by atoms with Crippen LogP contribution in [0.25, 0.3) is 0 Å². The third kappa shape index (κ3) is 5.64. The van der Waals surface area contributed by atoms with Gasteiger partial charge in [-0.3, -0.25) is 4.79 Å². The summed E-state index contributed by atoms with van der Waals surface area (Å²) in [6.45, 7) is 3.29. The Bertz CT molecular complexity index is 954. The standard InChI is InChI=1S/C21H23Cl2N3O4/c1-11(24)17(20(25-3)30-16-6-4-5-15(22)18(16)23)19(27)26-12(2)13-7-9-14(10-8-13)21(28)29/h4-7,9-10,12-13,24-25H,8H2,1-3H3,(H,26,27)(H,28,29)/b20-17-,24-11?. The quantitative estimate of drug-likeness (QED) is 0.271. The van der Waals surface area contributed by atoms with Gasteiger partial charge in [0.1, 0.15) is 16.3 Å². The number of carbonyl (C=O) groups excluding carboxylic acids is 1. The van der Waals surface area contributed by atoms with E-state index < -0.39 is 11.9 Å². The van der Waals surface area contributed by atoms with Crippen LogP contribution in [0.2, 0.25) is 10.0 Å². The number of rotatable bonds is 8. The summed E-state index contributed by atoms with van der Waals surface area (Å²) in [5.41, 5.74) is 0.237. The summed E-state index contributed by atoms with van der Waals surface area (Å²) in [6.07, 6.45) is 5.39. The van der Waals surface area contributed by atoms with E-state index in [2.05, 4.69) is 10.6 Å². The van der Waals surface area contributed by atoms with E-state index in [0.717, 1.165) is 0 Å². The smallest absolute Gasteiger partial charge is 0.335 e. The number of amides is 1. The number of nitrogens with one attached hydrogen (secondary N) is 3. The van der Waals surface area contributed by atoms with Gasteiger partial charge >= 0.3 is 5.97 Å². The van der Waals surface area contributed by atoms with Crippen molar-refractivity contribution < 1.29 is 19.4 Å². The predicted molar refractivity (Wildman–Crippen MR) is 117 cm³/mol. The number of aliphatic carboxylic acids is 1. The van der Waals surface area contributed by atoms with Crippen LogP contribution in [-0.2, 0) is 9.59 Å². The molecular weight excluding hydrogens is 429 g/mol. The van der Waals surface area contributed by atoms with E-state index in [4.69, 9.17) is 38.5 Å². The monoisotopic (exact) mass is 451 g/mol. The Labute approximate surface area is 184 Å². The first kappa shape index (κ1) is 23.5. The number of hydrogen-bond donors (Lipinski definition) is 4. The van der Waals surface area contributed by atoms with Crippen molar-refractivity contribution >= 4 is 40.8 Å². The van der Waals surface area contributed by atoms with Crippen molar-refractivity contribution in [3.05, 3.63) is 63.5 Å². The number of carboxylic acids is 1. The lowest BCUT2D eigenvalue weighted by Crippen LogP contribution is -2.41. The highest BCUT2D eigenvalue weighted by atomic mass is 35.5. The van der Waals surface area contributed by atoms with Gasteiger partial charge in [0.25, 0.3) is 5.91 Å². The fraction of sp³-hybridized carbons (Fsp3) is 0.286. The lowest BCUT2D eigenvalue weighted by Gasteiger charge is -2.24. The van der Waals surface area contributed by atoms with Gasteiger partial charge in [0.05, 0.1) is 10.6 Å². The average Bonchev–Trinajstić information content (AvgIpc) is 2.70. The molecule has 2 atom stereocenters. The van der Waals surface area contributed by atoms with E-state index in [-0.39, 0.29) is 45.5 Å². The predicted octanol–water partition coefficient (Wildman–Crippen LogP) is 3.93. The van der Waals surface area contributed by atoms with Gasteiger partial charge in [-0.1, -0.05) is 47.5 Å². The van der Waals surface area contributed by atoms with Gasteiger partial charge in [-0.25, -0.2) is 4.79 Å². The molecule has 0 saturated heterocycles. The zero-order valence-corrected chi connectivity index (χ0v) is 18.3. The summed E-state index contributed by atoms with van der Waals surface area (Å²) in [4.78, 5) is 23.9. The molecule has 9 heteroatoms. The zero-order chi connectivity index (χ0) is 22.4. The second kappa shape index (κ2) is 10.3. The van der Waals surface area contributed by atoms with Gasteiger partial charge in [0.15, 0.2) is 0 Å². The van der Waals surface area contributed by atoms with Gasteiger partial charge in [-0.05, 0) is 32.4 Å². The topological polar surface area (TPSA) is 112 Å². The maximum absolute atomic E-state index is 12.9. The first-order chi connectivity index (χ1) is 14.1. The molecule has 1 amide bonds. The number of benzene rings is 1. The van der Waals surface area contributed by atoms with Crippen molar-refractivity contribution in [3.8, 4) is 5.75 Å². The van der Waals surface area contributed by atoms with Crippen LogP contribution in [0.3, 0.4) is 0 Å². The highest BCUT2D eigenvalue weighted by molar-refractivity contribution is 6.42. The second-order valence-corrected chi connectivity index (χ2v) is 7.50. The van der Waals surface area contributed by atoms with Gasteiger partial charge in [-0.2, -0.15) is 0 Å². The molecule has 0 aliphatic heterocycles. The fourth-order valence-electron chi connectivity index (χ4n) is 2.90. The van der Waals surface area contributed by atoms with Crippen LogP contribution in [0, 0.1) is 11.3 Å². The Morgan fingerprint density at radius 2 is 2.03 bits per heavy atom. The molecule has 30 heavy (non-hydrogen) atoms.